The zero-order valence-corrected chi connectivity index (χ0v) is 31.8. The van der Waals surface area contributed by atoms with E-state index in [4.69, 9.17) is 37.5 Å². The van der Waals surface area contributed by atoms with E-state index in [-0.39, 0.29) is 30.1 Å². The molecule has 7 rings (SSSR count). The molecule has 1 aromatic carbocycles. The first kappa shape index (κ1) is 37.3. The van der Waals surface area contributed by atoms with Gasteiger partial charge in [-0.25, -0.2) is 4.98 Å². The number of hydroxylamine groups is 1. The molecular formula is C38H49Cl2N5O7. The van der Waals surface area contributed by atoms with Gasteiger partial charge in [-0.15, -0.1) is 0 Å². The lowest BCUT2D eigenvalue weighted by atomic mass is 9.55. The average Bonchev–Trinajstić information content (AvgIpc) is 3.45. The molecule has 0 radical (unpaired) electrons. The number of pyridine rings is 1. The van der Waals surface area contributed by atoms with Crippen LogP contribution in [0.1, 0.15) is 52.5 Å². The number of piperazine rings is 1. The first-order valence-corrected chi connectivity index (χ1v) is 19.0. The lowest BCUT2D eigenvalue weighted by Crippen LogP contribution is -2.66. The monoisotopic (exact) mass is 757 g/mol. The highest BCUT2D eigenvalue weighted by Crippen LogP contribution is 2.53. The number of rotatable bonds is 7. The predicted molar refractivity (Wildman–Crippen MR) is 197 cm³/mol. The number of nitrogens with zero attached hydrogens (tertiary/aromatic N) is 4. The van der Waals surface area contributed by atoms with Crippen molar-refractivity contribution in [3.8, 4) is 0 Å². The summed E-state index contributed by atoms with van der Waals surface area (Å²) >= 11 is 12.6. The number of hydrogen-bond acceptors (Lipinski definition) is 12. The van der Waals surface area contributed by atoms with E-state index in [9.17, 15) is 19.8 Å². The number of fused-ring (bicyclic) bond motifs is 4. The molecule has 12 nitrogen and oxygen atoms in total. The number of nitrogens with one attached hydrogen (secondary N) is 1. The zero-order valence-electron chi connectivity index (χ0n) is 30.3. The second-order valence-electron chi connectivity index (χ2n) is 15.4. The average molecular weight is 759 g/mol. The minimum atomic E-state index is -1.57. The molecule has 2 aromatic rings. The van der Waals surface area contributed by atoms with Crippen molar-refractivity contribution < 1.29 is 34.1 Å². The van der Waals surface area contributed by atoms with Crippen LogP contribution in [0.3, 0.4) is 0 Å². The molecule has 3 aliphatic heterocycles. The van der Waals surface area contributed by atoms with Crippen LogP contribution >= 0.6 is 23.2 Å². The van der Waals surface area contributed by atoms with Crippen LogP contribution in [-0.2, 0) is 29.5 Å². The van der Waals surface area contributed by atoms with Gasteiger partial charge in [-0.2, -0.15) is 0 Å². The summed E-state index contributed by atoms with van der Waals surface area (Å²) in [5, 5.41) is 30.3. The summed E-state index contributed by atoms with van der Waals surface area (Å²) in [7, 11) is 1.69. The Bertz CT molecular complexity index is 1720. The Kier molecular flexibility index (Phi) is 10.3. The third-order valence-electron chi connectivity index (χ3n) is 12.2. The maximum Gasteiger partial charge on any atom is 0.323 e. The lowest BCUT2D eigenvalue weighted by Gasteiger charge is -2.56. The fourth-order valence-electron chi connectivity index (χ4n) is 9.44. The number of aromatic nitrogens is 1. The van der Waals surface area contributed by atoms with Gasteiger partial charge in [-0.05, 0) is 61.3 Å². The summed E-state index contributed by atoms with van der Waals surface area (Å²) in [6, 6.07) is 9.93. The van der Waals surface area contributed by atoms with Crippen LogP contribution in [0.15, 0.2) is 48.0 Å². The first-order valence-electron chi connectivity index (χ1n) is 18.3. The number of ether oxygens (including phenoxy) is 2. The molecule has 14 heteroatoms. The number of carbonyl (C=O) groups excluding carboxylic acids is 2. The SMILES string of the molecule is CC(=O)O[C@@H]1C(C)=C[C@@H]2[C@H](C(C)CN3CCN(c4cccc(Cl)n4)CC3)CC[C@@H](C)[C@]2(O)[C@H]1OC(=O)[C@@H]1C[C@@]2(O)c3cccc(Cl)c3N(C)O[C@H]2N1. The third kappa shape index (κ3) is 6.58. The van der Waals surface area contributed by atoms with Crippen molar-refractivity contribution in [1.29, 1.82) is 0 Å². The van der Waals surface area contributed by atoms with Crippen molar-refractivity contribution in [2.45, 2.75) is 82.6 Å². The van der Waals surface area contributed by atoms with Crippen LogP contribution in [0.4, 0.5) is 11.5 Å². The molecule has 2 aliphatic carbocycles. The van der Waals surface area contributed by atoms with Gasteiger partial charge in [-0.1, -0.05) is 61.3 Å². The Hall–Kier alpha value is -2.97. The number of aliphatic hydroxyl groups is 2. The van der Waals surface area contributed by atoms with Crippen LogP contribution in [0.2, 0.25) is 10.2 Å². The second kappa shape index (κ2) is 14.4. The maximum atomic E-state index is 14.2. The fourth-order valence-corrected chi connectivity index (χ4v) is 9.89. The highest BCUT2D eigenvalue weighted by molar-refractivity contribution is 6.33. The molecule has 0 bridgehead atoms. The smallest absolute Gasteiger partial charge is 0.323 e. The van der Waals surface area contributed by atoms with Gasteiger partial charge in [-0.3, -0.25) is 29.7 Å². The van der Waals surface area contributed by atoms with Crippen LogP contribution in [-0.4, -0.2) is 102 Å². The molecule has 0 amide bonds. The van der Waals surface area contributed by atoms with E-state index in [2.05, 4.69) is 27.0 Å². The van der Waals surface area contributed by atoms with Crippen molar-refractivity contribution in [3.05, 3.63) is 63.8 Å². The topological polar surface area (TPSA) is 137 Å². The predicted octanol–water partition coefficient (Wildman–Crippen LogP) is 4.30. The van der Waals surface area contributed by atoms with Crippen molar-refractivity contribution >= 4 is 46.6 Å². The fraction of sp³-hybridized carbons (Fsp3) is 0.605. The van der Waals surface area contributed by atoms with Gasteiger partial charge in [0.1, 0.15) is 28.2 Å². The number of para-hydroxylation sites is 1. The molecule has 1 unspecified atom stereocenters. The number of benzene rings is 1. The maximum absolute atomic E-state index is 14.2. The summed E-state index contributed by atoms with van der Waals surface area (Å²) in [6.45, 7) is 11.7. The number of carbonyl (C=O) groups is 2. The van der Waals surface area contributed by atoms with Gasteiger partial charge in [0.2, 0.25) is 0 Å². The third-order valence-corrected chi connectivity index (χ3v) is 12.7. The van der Waals surface area contributed by atoms with E-state index in [1.165, 1.54) is 12.0 Å². The lowest BCUT2D eigenvalue weighted by molar-refractivity contribution is -0.225. The number of hydrogen-bond donors (Lipinski definition) is 3. The van der Waals surface area contributed by atoms with E-state index in [0.29, 0.717) is 27.8 Å². The van der Waals surface area contributed by atoms with E-state index in [1.54, 1.807) is 31.3 Å². The summed E-state index contributed by atoms with van der Waals surface area (Å²) < 4.78 is 12.1. The van der Waals surface area contributed by atoms with Crippen molar-refractivity contribution in [3.63, 3.8) is 0 Å². The minimum absolute atomic E-state index is 0.0465. The number of anilines is 2. The van der Waals surface area contributed by atoms with Crippen molar-refractivity contribution in [1.82, 2.24) is 15.2 Å². The van der Waals surface area contributed by atoms with Gasteiger partial charge in [0.05, 0.1) is 10.7 Å². The Morgan fingerprint density at radius 3 is 2.54 bits per heavy atom. The summed E-state index contributed by atoms with van der Waals surface area (Å²) in [4.78, 5) is 41.8. The first-order chi connectivity index (χ1) is 24.7. The molecule has 0 spiro atoms. The Morgan fingerprint density at radius 2 is 1.83 bits per heavy atom. The van der Waals surface area contributed by atoms with E-state index in [1.807, 2.05) is 32.1 Å². The summed E-state index contributed by atoms with van der Waals surface area (Å²) in [5.74, 6) is -0.637. The van der Waals surface area contributed by atoms with Gasteiger partial charge >= 0.3 is 11.9 Å². The molecule has 3 N–H and O–H groups in total. The van der Waals surface area contributed by atoms with Gasteiger partial charge in [0, 0.05) is 64.6 Å². The molecule has 10 atom stereocenters. The molecule has 2 saturated heterocycles. The Morgan fingerprint density at radius 1 is 1.10 bits per heavy atom. The van der Waals surface area contributed by atoms with Gasteiger partial charge in [0.25, 0.3) is 0 Å². The molecule has 5 aliphatic rings. The molecule has 4 heterocycles. The van der Waals surface area contributed by atoms with Crippen LogP contribution < -0.4 is 15.3 Å². The zero-order chi connectivity index (χ0) is 37.1. The largest absolute Gasteiger partial charge is 0.454 e. The highest BCUT2D eigenvalue weighted by Gasteiger charge is 2.62. The highest BCUT2D eigenvalue weighted by atomic mass is 35.5. The van der Waals surface area contributed by atoms with E-state index < -0.39 is 47.6 Å². The second-order valence-corrected chi connectivity index (χ2v) is 16.2. The normalized spacial score (nSPS) is 35.2. The van der Waals surface area contributed by atoms with Crippen molar-refractivity contribution in [2.75, 3.05) is 49.7 Å². The van der Waals surface area contributed by atoms with Crippen LogP contribution in [0, 0.1) is 23.7 Å². The molecule has 282 valence electrons. The summed E-state index contributed by atoms with van der Waals surface area (Å²) in [5.41, 5.74) is -1.29. The van der Waals surface area contributed by atoms with Gasteiger partial charge < -0.3 is 24.6 Å². The Balaban J connectivity index is 1.10. The molecule has 3 fully saturated rings. The molecular weight excluding hydrogens is 709 g/mol. The molecule has 1 saturated carbocycles. The Labute approximate surface area is 314 Å². The van der Waals surface area contributed by atoms with Crippen LogP contribution in [0.5, 0.6) is 0 Å². The molecule has 1 aromatic heterocycles. The van der Waals surface area contributed by atoms with E-state index in [0.717, 1.165) is 50.5 Å². The quantitative estimate of drug-likeness (QED) is 0.211. The van der Waals surface area contributed by atoms with Crippen molar-refractivity contribution in [2.24, 2.45) is 23.7 Å². The van der Waals surface area contributed by atoms with Gasteiger partial charge in [0.15, 0.2) is 18.4 Å². The minimum Gasteiger partial charge on any atom is -0.454 e. The number of halogens is 2. The number of esters is 2. The van der Waals surface area contributed by atoms with Crippen LogP contribution in [0.25, 0.3) is 0 Å². The van der Waals surface area contributed by atoms with E-state index >= 15 is 0 Å². The standard InChI is InChI=1S/C38H49Cl2N5O7/c1-21-18-27-25(22(2)20-44-14-16-45(17-15-44)31-11-7-10-30(40)42-31)13-12-23(3)38(27,49)34(33(21)50-24(4)46)51-35(47)29-19-37(48)26-8-6-9-28(39)32(26)43(5)52-36(37)41-29/h6-11,18,22-23,25,27,29,33-34,36,41,48-49H,12-17,19-20H2,1-5H3/t22?,23-,25+,27-,29+,33-,34+,36-,37-,38-/m1/s1. The molecule has 52 heavy (non-hydrogen) atoms. The summed E-state index contributed by atoms with van der Waals surface area (Å²) in [6.07, 6.45) is 0.531.